The molecule has 1 aromatic rings. The lowest BCUT2D eigenvalue weighted by Gasteiger charge is -2.23. The number of hydrogen-bond acceptors (Lipinski definition) is 4. The van der Waals surface area contributed by atoms with E-state index in [2.05, 4.69) is 5.32 Å². The van der Waals surface area contributed by atoms with Crippen molar-refractivity contribution >= 4 is 38.9 Å². The van der Waals surface area contributed by atoms with Crippen molar-refractivity contribution in [2.45, 2.75) is 26.3 Å². The van der Waals surface area contributed by atoms with Crippen molar-refractivity contribution in [1.29, 1.82) is 0 Å². The van der Waals surface area contributed by atoms with E-state index in [1.807, 2.05) is 13.8 Å². The van der Waals surface area contributed by atoms with E-state index in [0.717, 1.165) is 0 Å². The van der Waals surface area contributed by atoms with Crippen LogP contribution in [0.15, 0.2) is 12.1 Å². The Kier molecular flexibility index (Phi) is 6.44. The largest absolute Gasteiger partial charge is 0.351 e. The van der Waals surface area contributed by atoms with Crippen LogP contribution in [0.1, 0.15) is 29.9 Å². The Morgan fingerprint density at radius 2 is 2.10 bits per heavy atom. The molecule has 20 heavy (non-hydrogen) atoms. The first kappa shape index (κ1) is 17.4. The summed E-state index contributed by atoms with van der Waals surface area (Å²) >= 11 is 6.97. The van der Waals surface area contributed by atoms with Crippen molar-refractivity contribution in [3.63, 3.8) is 0 Å². The van der Waals surface area contributed by atoms with Gasteiger partial charge >= 0.3 is 0 Å². The van der Waals surface area contributed by atoms with E-state index in [1.54, 1.807) is 12.1 Å². The molecule has 0 bridgehead atoms. The van der Waals surface area contributed by atoms with Crippen LogP contribution in [0.2, 0.25) is 4.34 Å². The van der Waals surface area contributed by atoms with Crippen LogP contribution in [-0.4, -0.2) is 44.0 Å². The number of carbonyl (C=O) groups excluding carboxylic acids is 1. The maximum Gasteiger partial charge on any atom is 0.261 e. The Bertz CT molecular complexity index is 555. The average molecular weight is 339 g/mol. The average Bonchev–Trinajstić information content (AvgIpc) is 2.73. The summed E-state index contributed by atoms with van der Waals surface area (Å²) in [6.45, 7) is 4.47. The molecule has 1 N–H and O–H groups in total. The predicted octanol–water partition coefficient (Wildman–Crippen LogP) is 2.19. The minimum absolute atomic E-state index is 0.0863. The molecule has 0 unspecified atom stereocenters. The fraction of sp³-hybridized carbons (Fsp3) is 0.583. The first-order chi connectivity index (χ1) is 9.21. The number of nitrogens with zero attached hydrogens (tertiary/aromatic N) is 1. The normalized spacial score (nSPS) is 12.1. The van der Waals surface area contributed by atoms with Crippen molar-refractivity contribution in [3.8, 4) is 0 Å². The van der Waals surface area contributed by atoms with E-state index in [9.17, 15) is 13.2 Å². The smallest absolute Gasteiger partial charge is 0.261 e. The lowest BCUT2D eigenvalue weighted by Crippen LogP contribution is -2.38. The van der Waals surface area contributed by atoms with Crippen LogP contribution in [0.25, 0.3) is 0 Å². The van der Waals surface area contributed by atoms with Crippen LogP contribution in [-0.2, 0) is 10.0 Å². The fourth-order valence-electron chi connectivity index (χ4n) is 1.77. The molecular weight excluding hydrogens is 320 g/mol. The second-order valence-corrected chi connectivity index (χ2v) is 8.33. The monoisotopic (exact) mass is 338 g/mol. The Morgan fingerprint density at radius 1 is 1.45 bits per heavy atom. The molecule has 0 aliphatic rings. The van der Waals surface area contributed by atoms with Crippen LogP contribution in [0.3, 0.4) is 0 Å². The molecule has 1 heterocycles. The summed E-state index contributed by atoms with van der Waals surface area (Å²) in [4.78, 5) is 12.3. The van der Waals surface area contributed by atoms with Crippen LogP contribution < -0.4 is 5.32 Å². The third-order valence-corrected chi connectivity index (χ3v) is 5.33. The van der Waals surface area contributed by atoms with Gasteiger partial charge in [-0.2, -0.15) is 4.31 Å². The van der Waals surface area contributed by atoms with Crippen molar-refractivity contribution in [1.82, 2.24) is 9.62 Å². The van der Waals surface area contributed by atoms with E-state index in [4.69, 9.17) is 11.6 Å². The molecule has 0 aromatic carbocycles. The quantitative estimate of drug-likeness (QED) is 0.775. The summed E-state index contributed by atoms with van der Waals surface area (Å²) in [7, 11) is -3.21. The van der Waals surface area contributed by atoms with E-state index in [0.29, 0.717) is 28.7 Å². The topological polar surface area (TPSA) is 66.5 Å². The van der Waals surface area contributed by atoms with Gasteiger partial charge in [-0.1, -0.05) is 11.6 Å². The van der Waals surface area contributed by atoms with Gasteiger partial charge in [-0.3, -0.25) is 4.79 Å². The molecule has 0 atom stereocenters. The number of carbonyl (C=O) groups is 1. The van der Waals surface area contributed by atoms with Crippen molar-refractivity contribution in [2.24, 2.45) is 0 Å². The highest BCUT2D eigenvalue weighted by atomic mass is 35.5. The molecule has 0 saturated heterocycles. The van der Waals surface area contributed by atoms with Gasteiger partial charge in [-0.05, 0) is 32.4 Å². The molecule has 0 saturated carbocycles. The van der Waals surface area contributed by atoms with Gasteiger partial charge < -0.3 is 5.32 Å². The predicted molar refractivity (Wildman–Crippen MR) is 83.0 cm³/mol. The third-order valence-electron chi connectivity index (χ3n) is 2.64. The van der Waals surface area contributed by atoms with E-state index in [-0.39, 0.29) is 11.9 Å². The molecule has 1 aromatic heterocycles. The maximum absolute atomic E-state index is 11.7. The van der Waals surface area contributed by atoms with E-state index in [1.165, 1.54) is 21.9 Å². The molecule has 1 rings (SSSR count). The lowest BCUT2D eigenvalue weighted by atomic mass is 10.3. The number of hydrogen-bond donors (Lipinski definition) is 1. The number of rotatable bonds is 7. The van der Waals surface area contributed by atoms with Crippen molar-refractivity contribution in [3.05, 3.63) is 21.3 Å². The van der Waals surface area contributed by atoms with Crippen molar-refractivity contribution in [2.75, 3.05) is 19.3 Å². The SMILES string of the molecule is CC(C)N(CCCNC(=O)c1ccc(Cl)s1)S(C)(=O)=O. The van der Waals surface area contributed by atoms with E-state index >= 15 is 0 Å². The summed E-state index contributed by atoms with van der Waals surface area (Å²) in [6.07, 6.45) is 1.76. The summed E-state index contributed by atoms with van der Waals surface area (Å²) in [6, 6.07) is 3.25. The maximum atomic E-state index is 11.7. The molecular formula is C12H19ClN2O3S2. The lowest BCUT2D eigenvalue weighted by molar-refractivity contribution is 0.0956. The zero-order chi connectivity index (χ0) is 15.3. The zero-order valence-electron chi connectivity index (χ0n) is 11.7. The first-order valence-electron chi connectivity index (χ1n) is 6.22. The Hall–Kier alpha value is -0.630. The molecule has 5 nitrogen and oxygen atoms in total. The van der Waals surface area contributed by atoms with Gasteiger partial charge in [0.15, 0.2) is 0 Å². The number of halogens is 1. The van der Waals surface area contributed by atoms with Crippen LogP contribution in [0.4, 0.5) is 0 Å². The standard InChI is InChI=1S/C12H19ClN2O3S2/c1-9(2)15(20(3,17)18)8-4-7-14-12(16)10-5-6-11(13)19-10/h5-6,9H,4,7-8H2,1-3H3,(H,14,16). The molecule has 1 amide bonds. The summed E-state index contributed by atoms with van der Waals surface area (Å²) in [5.74, 6) is -0.183. The highest BCUT2D eigenvalue weighted by Gasteiger charge is 2.19. The second-order valence-electron chi connectivity index (χ2n) is 4.68. The third kappa shape index (κ3) is 5.40. The number of amides is 1. The summed E-state index contributed by atoms with van der Waals surface area (Å²) < 4.78 is 25.1. The molecule has 0 radical (unpaired) electrons. The van der Waals surface area contributed by atoms with Gasteiger partial charge in [-0.15, -0.1) is 11.3 Å². The summed E-state index contributed by atoms with van der Waals surface area (Å²) in [5.41, 5.74) is 0. The molecule has 0 spiro atoms. The Morgan fingerprint density at radius 3 is 2.55 bits per heavy atom. The van der Waals surface area contributed by atoms with Gasteiger partial charge in [0.2, 0.25) is 10.0 Å². The first-order valence-corrected chi connectivity index (χ1v) is 9.26. The van der Waals surface area contributed by atoms with Gasteiger partial charge in [0.1, 0.15) is 0 Å². The summed E-state index contributed by atoms with van der Waals surface area (Å²) in [5, 5.41) is 2.75. The molecule has 0 aliphatic carbocycles. The highest BCUT2D eigenvalue weighted by molar-refractivity contribution is 7.88. The van der Waals surface area contributed by atoms with Gasteiger partial charge in [0, 0.05) is 19.1 Å². The van der Waals surface area contributed by atoms with Gasteiger partial charge in [0.05, 0.1) is 15.5 Å². The number of nitrogens with one attached hydrogen (secondary N) is 1. The number of thiophene rings is 1. The van der Waals surface area contributed by atoms with Gasteiger partial charge in [0.25, 0.3) is 5.91 Å². The Balaban J connectivity index is 2.39. The molecule has 114 valence electrons. The van der Waals surface area contributed by atoms with Crippen LogP contribution in [0.5, 0.6) is 0 Å². The molecule has 0 fully saturated rings. The van der Waals surface area contributed by atoms with Crippen LogP contribution in [0, 0.1) is 0 Å². The van der Waals surface area contributed by atoms with E-state index < -0.39 is 10.0 Å². The highest BCUT2D eigenvalue weighted by Crippen LogP contribution is 2.21. The minimum atomic E-state index is -3.21. The van der Waals surface area contributed by atoms with Gasteiger partial charge in [-0.25, -0.2) is 8.42 Å². The van der Waals surface area contributed by atoms with Crippen LogP contribution >= 0.6 is 22.9 Å². The fourth-order valence-corrected chi connectivity index (χ4v) is 3.95. The van der Waals surface area contributed by atoms with Crippen molar-refractivity contribution < 1.29 is 13.2 Å². The molecule has 8 heteroatoms. The minimum Gasteiger partial charge on any atom is -0.351 e. The molecule has 0 aliphatic heterocycles. The number of sulfonamides is 1. The second kappa shape index (κ2) is 7.40. The zero-order valence-corrected chi connectivity index (χ0v) is 14.1. The Labute approximate surface area is 129 Å².